The maximum Gasteiger partial charge on any atom is 0.339 e. The summed E-state index contributed by atoms with van der Waals surface area (Å²) < 4.78 is 21.3. The summed E-state index contributed by atoms with van der Waals surface area (Å²) in [5.74, 6) is -0.210. The van der Waals surface area contributed by atoms with E-state index in [-0.39, 0.29) is 22.3 Å². The molecule has 4 atom stereocenters. The van der Waals surface area contributed by atoms with Gasteiger partial charge in [-0.25, -0.2) is 19.2 Å². The van der Waals surface area contributed by atoms with E-state index >= 15 is 0 Å². The number of esters is 4. The summed E-state index contributed by atoms with van der Waals surface area (Å²) in [4.78, 5) is 49.1. The minimum absolute atomic E-state index is 0.273. The fraction of sp³-hybridized carbons (Fsp3) is 0.600. The fourth-order valence-corrected chi connectivity index (χ4v) is 4.69. The summed E-state index contributed by atoms with van der Waals surface area (Å²) >= 11 is 0. The Kier molecular flexibility index (Phi) is 21.6. The second kappa shape index (κ2) is 24.5. The zero-order chi connectivity index (χ0) is 35.9. The molecule has 268 valence electrons. The minimum Gasteiger partial charge on any atom is -0.462 e. The van der Waals surface area contributed by atoms with Gasteiger partial charge in [0.2, 0.25) is 0 Å². The van der Waals surface area contributed by atoms with Gasteiger partial charge in [0.15, 0.2) is 0 Å². The molecule has 2 rings (SSSR count). The van der Waals surface area contributed by atoms with Crippen LogP contribution in [0.25, 0.3) is 0 Å². The van der Waals surface area contributed by atoms with Gasteiger partial charge in [-0.1, -0.05) is 105 Å². The number of ether oxygens (including phenoxy) is 4. The molecule has 0 aliphatic carbocycles. The maximum absolute atomic E-state index is 12.3. The topological polar surface area (TPSA) is 105 Å². The Morgan fingerprint density at radius 1 is 0.458 bits per heavy atom. The zero-order valence-corrected chi connectivity index (χ0v) is 30.7. The Hall–Kier alpha value is -3.68. The van der Waals surface area contributed by atoms with Crippen LogP contribution in [0.3, 0.4) is 0 Å². The molecule has 0 amide bonds. The van der Waals surface area contributed by atoms with Crippen molar-refractivity contribution >= 4 is 23.9 Å². The van der Waals surface area contributed by atoms with Gasteiger partial charge < -0.3 is 18.9 Å². The van der Waals surface area contributed by atoms with Gasteiger partial charge in [0.1, 0.15) is 0 Å². The molecule has 2 aromatic carbocycles. The molecule has 0 aromatic heterocycles. The minimum atomic E-state index is -0.466. The molecule has 0 fully saturated rings. The second-order valence-electron chi connectivity index (χ2n) is 13.0. The molecule has 0 N–H and O–H groups in total. The first-order valence-electron chi connectivity index (χ1n) is 17.8. The number of rotatable bonds is 20. The number of hydrogen-bond donors (Lipinski definition) is 0. The summed E-state index contributed by atoms with van der Waals surface area (Å²) in [6, 6.07) is 13.3. The van der Waals surface area contributed by atoms with Crippen LogP contribution in [0.15, 0.2) is 48.5 Å². The zero-order valence-electron chi connectivity index (χ0n) is 30.7. The van der Waals surface area contributed by atoms with Crippen LogP contribution in [0.4, 0.5) is 0 Å². The highest BCUT2D eigenvalue weighted by Crippen LogP contribution is 2.17. The molecule has 0 saturated carbocycles. The van der Waals surface area contributed by atoms with Gasteiger partial charge in [0.25, 0.3) is 0 Å². The molecule has 8 nitrogen and oxygen atoms in total. The van der Waals surface area contributed by atoms with Crippen molar-refractivity contribution in [3.63, 3.8) is 0 Å². The number of benzene rings is 2. The van der Waals surface area contributed by atoms with Crippen molar-refractivity contribution in [2.24, 2.45) is 23.7 Å². The Balaban J connectivity index is 0.000000480. The first-order valence-corrected chi connectivity index (χ1v) is 17.8. The van der Waals surface area contributed by atoms with E-state index in [2.05, 4.69) is 41.5 Å². The second-order valence-corrected chi connectivity index (χ2v) is 13.0. The molecule has 0 aliphatic rings. The van der Waals surface area contributed by atoms with E-state index in [0.717, 1.165) is 51.4 Å². The largest absolute Gasteiger partial charge is 0.462 e. The highest BCUT2D eigenvalue weighted by Gasteiger charge is 2.21. The fourth-order valence-electron chi connectivity index (χ4n) is 4.69. The van der Waals surface area contributed by atoms with Crippen molar-refractivity contribution < 1.29 is 38.1 Å². The van der Waals surface area contributed by atoms with Crippen molar-refractivity contribution in [1.82, 2.24) is 0 Å². The van der Waals surface area contributed by atoms with Crippen molar-refractivity contribution in [2.75, 3.05) is 26.4 Å². The third-order valence-electron chi connectivity index (χ3n) is 8.38. The van der Waals surface area contributed by atoms with Gasteiger partial charge in [0.05, 0.1) is 48.7 Å². The average Bonchev–Trinajstić information content (AvgIpc) is 3.09. The van der Waals surface area contributed by atoms with Gasteiger partial charge in [0, 0.05) is 0 Å². The van der Waals surface area contributed by atoms with Crippen LogP contribution in [-0.4, -0.2) is 50.3 Å². The quantitative estimate of drug-likeness (QED) is 0.101. The van der Waals surface area contributed by atoms with Crippen LogP contribution >= 0.6 is 0 Å². The van der Waals surface area contributed by atoms with Gasteiger partial charge in [-0.2, -0.15) is 0 Å². The predicted molar refractivity (Wildman–Crippen MR) is 190 cm³/mol. The van der Waals surface area contributed by atoms with Crippen LogP contribution in [0.1, 0.15) is 148 Å². The summed E-state index contributed by atoms with van der Waals surface area (Å²) in [5.41, 5.74) is 1.09. The van der Waals surface area contributed by atoms with Gasteiger partial charge in [-0.3, -0.25) is 0 Å². The van der Waals surface area contributed by atoms with E-state index in [1.54, 1.807) is 48.5 Å². The number of carbonyl (C=O) groups excluding carboxylic acids is 4. The molecular weight excluding hydrogens is 608 g/mol. The summed E-state index contributed by atoms with van der Waals surface area (Å²) in [7, 11) is 0. The lowest BCUT2D eigenvalue weighted by molar-refractivity contribution is 0.0397. The lowest BCUT2D eigenvalue weighted by atomic mass is 10.1. The van der Waals surface area contributed by atoms with E-state index < -0.39 is 23.9 Å². The lowest BCUT2D eigenvalue weighted by Gasteiger charge is -2.14. The standard InChI is InChI=1S/2C20H30O4/c1-5-15(3)11-13-23-19(21)17-9-7-8-10-18(17)20(22)24-14-12-16(4)6-2;1-5-9-15(3)13-23-19(21)17-11-7-8-12-18(17)20(22)24-14-16(4)10-6-2/h7-10,15-16H,5-6,11-14H2,1-4H3;7-8,11-12,15-16H,5-6,9-10,13-14H2,1-4H3. The van der Waals surface area contributed by atoms with Crippen LogP contribution in [0.2, 0.25) is 0 Å². The molecule has 0 radical (unpaired) electrons. The highest BCUT2D eigenvalue weighted by molar-refractivity contribution is 6.03. The predicted octanol–water partition coefficient (Wildman–Crippen LogP) is 9.75. The van der Waals surface area contributed by atoms with E-state index in [4.69, 9.17) is 18.9 Å². The number of hydrogen-bond acceptors (Lipinski definition) is 8. The van der Waals surface area contributed by atoms with Crippen LogP contribution in [-0.2, 0) is 18.9 Å². The van der Waals surface area contributed by atoms with Gasteiger partial charge >= 0.3 is 23.9 Å². The maximum atomic E-state index is 12.3. The summed E-state index contributed by atoms with van der Waals surface area (Å²) in [6.45, 7) is 18.2. The van der Waals surface area contributed by atoms with Crippen molar-refractivity contribution in [3.05, 3.63) is 70.8 Å². The molecule has 0 aliphatic heterocycles. The molecule has 8 heteroatoms. The SMILES string of the molecule is CCC(C)CCOC(=O)c1ccccc1C(=O)OCCC(C)CC.CCCC(C)COC(=O)c1ccccc1C(=O)OCC(C)CCC. The van der Waals surface area contributed by atoms with Crippen LogP contribution < -0.4 is 0 Å². The first-order chi connectivity index (χ1) is 23.0. The molecule has 4 unspecified atom stereocenters. The Labute approximate surface area is 289 Å². The molecule has 0 bridgehead atoms. The van der Waals surface area contributed by atoms with E-state index in [1.807, 2.05) is 13.8 Å². The molecule has 48 heavy (non-hydrogen) atoms. The lowest BCUT2D eigenvalue weighted by Crippen LogP contribution is -2.18. The Bertz CT molecular complexity index is 1150. The molecular formula is C40H60O8. The highest BCUT2D eigenvalue weighted by atomic mass is 16.5. The van der Waals surface area contributed by atoms with E-state index in [0.29, 0.717) is 50.1 Å². The molecule has 0 saturated heterocycles. The smallest absolute Gasteiger partial charge is 0.339 e. The summed E-state index contributed by atoms with van der Waals surface area (Å²) in [5, 5.41) is 0. The Morgan fingerprint density at radius 3 is 1.02 bits per heavy atom. The van der Waals surface area contributed by atoms with Crippen LogP contribution in [0, 0.1) is 23.7 Å². The third-order valence-corrected chi connectivity index (χ3v) is 8.38. The average molecular weight is 669 g/mol. The van der Waals surface area contributed by atoms with E-state index in [1.165, 1.54) is 0 Å². The third kappa shape index (κ3) is 16.4. The molecule has 0 heterocycles. The van der Waals surface area contributed by atoms with Crippen molar-refractivity contribution in [2.45, 2.75) is 107 Å². The van der Waals surface area contributed by atoms with Crippen LogP contribution in [0.5, 0.6) is 0 Å². The Morgan fingerprint density at radius 2 is 0.750 bits per heavy atom. The normalized spacial score (nSPS) is 13.2. The van der Waals surface area contributed by atoms with Crippen molar-refractivity contribution in [3.8, 4) is 0 Å². The molecule has 0 spiro atoms. The summed E-state index contributed by atoms with van der Waals surface area (Å²) in [6.07, 6.45) is 7.87. The first kappa shape index (κ1) is 42.3. The van der Waals surface area contributed by atoms with Crippen molar-refractivity contribution in [1.29, 1.82) is 0 Å². The van der Waals surface area contributed by atoms with E-state index in [9.17, 15) is 19.2 Å². The molecule has 2 aromatic rings. The van der Waals surface area contributed by atoms with Gasteiger partial charge in [-0.05, 0) is 73.6 Å². The monoisotopic (exact) mass is 668 g/mol. The number of carbonyl (C=O) groups is 4. The van der Waals surface area contributed by atoms with Gasteiger partial charge in [-0.15, -0.1) is 0 Å².